The van der Waals surface area contributed by atoms with Crippen molar-refractivity contribution in [3.63, 3.8) is 0 Å². The van der Waals surface area contributed by atoms with Gasteiger partial charge in [0.15, 0.2) is 0 Å². The first kappa shape index (κ1) is 13.7. The van der Waals surface area contributed by atoms with E-state index in [2.05, 4.69) is 10.6 Å². The van der Waals surface area contributed by atoms with Gasteiger partial charge in [0.1, 0.15) is 5.69 Å². The van der Waals surface area contributed by atoms with Crippen LogP contribution in [-0.2, 0) is 9.59 Å². The predicted octanol–water partition coefficient (Wildman–Crippen LogP) is 0.986. The molecule has 0 bridgehead atoms. The number of nitrogens with one attached hydrogen (secondary N) is 2. The van der Waals surface area contributed by atoms with Gasteiger partial charge in [-0.05, 0) is 18.9 Å². The molecular weight excluding hydrogens is 274 g/mol. The summed E-state index contributed by atoms with van der Waals surface area (Å²) in [6, 6.07) is 1.27. The summed E-state index contributed by atoms with van der Waals surface area (Å²) in [6.07, 6.45) is 4.46. The quantitative estimate of drug-likeness (QED) is 0.770. The third-order valence-corrected chi connectivity index (χ3v) is 4.13. The van der Waals surface area contributed by atoms with Crippen LogP contribution in [0.2, 0.25) is 0 Å². The highest BCUT2D eigenvalue weighted by Crippen LogP contribution is 2.29. The molecule has 1 fully saturated rings. The Kier molecular flexibility index (Phi) is 3.40. The summed E-state index contributed by atoms with van der Waals surface area (Å²) in [5.74, 6) is -1.14. The van der Waals surface area contributed by atoms with Crippen molar-refractivity contribution in [2.75, 3.05) is 11.9 Å². The summed E-state index contributed by atoms with van der Waals surface area (Å²) in [7, 11) is 0. The van der Waals surface area contributed by atoms with E-state index in [0.29, 0.717) is 11.4 Å². The first-order valence-electron chi connectivity index (χ1n) is 7.07. The number of nitrogens with zero attached hydrogens (tertiary/aromatic N) is 1. The number of carboxylic acids is 1. The van der Waals surface area contributed by atoms with Crippen LogP contribution in [0, 0.1) is 5.92 Å². The van der Waals surface area contributed by atoms with Crippen molar-refractivity contribution in [2.24, 2.45) is 5.92 Å². The van der Waals surface area contributed by atoms with Gasteiger partial charge in [0.25, 0.3) is 5.91 Å². The van der Waals surface area contributed by atoms with Crippen LogP contribution in [0.4, 0.5) is 5.69 Å². The van der Waals surface area contributed by atoms with E-state index < -0.39 is 5.97 Å². The molecule has 2 heterocycles. The molecule has 1 atom stereocenters. The molecule has 1 aromatic rings. The molecule has 0 spiro atoms. The van der Waals surface area contributed by atoms with E-state index in [0.717, 1.165) is 19.3 Å². The maximum Gasteiger partial charge on any atom is 0.305 e. The fraction of sp³-hybridized carbons (Fsp3) is 0.500. The van der Waals surface area contributed by atoms with Crippen molar-refractivity contribution in [1.29, 1.82) is 0 Å². The van der Waals surface area contributed by atoms with Crippen molar-refractivity contribution in [3.8, 4) is 0 Å². The summed E-state index contributed by atoms with van der Waals surface area (Å²) >= 11 is 0. The van der Waals surface area contributed by atoms with Gasteiger partial charge in [0.2, 0.25) is 5.91 Å². The maximum atomic E-state index is 11.9. The lowest BCUT2D eigenvalue weighted by Gasteiger charge is -2.25. The van der Waals surface area contributed by atoms with Crippen LogP contribution in [0.3, 0.4) is 0 Å². The minimum atomic E-state index is -0.921. The molecule has 3 rings (SSSR count). The van der Waals surface area contributed by atoms with Gasteiger partial charge in [-0.15, -0.1) is 0 Å². The summed E-state index contributed by atoms with van der Waals surface area (Å²) in [5.41, 5.74) is 0.936. The van der Waals surface area contributed by atoms with Crippen LogP contribution < -0.4 is 10.6 Å². The van der Waals surface area contributed by atoms with Crippen molar-refractivity contribution in [3.05, 3.63) is 18.0 Å². The number of hydrogen-bond donors (Lipinski definition) is 3. The number of hydrogen-bond acceptors (Lipinski definition) is 3. The second-order valence-corrected chi connectivity index (χ2v) is 5.60. The largest absolute Gasteiger partial charge is 0.481 e. The van der Waals surface area contributed by atoms with E-state index in [1.54, 1.807) is 16.8 Å². The van der Waals surface area contributed by atoms with E-state index in [-0.39, 0.29) is 36.7 Å². The Morgan fingerprint density at radius 3 is 2.81 bits per heavy atom. The third kappa shape index (κ3) is 2.63. The van der Waals surface area contributed by atoms with Crippen LogP contribution in [-0.4, -0.2) is 34.0 Å². The van der Waals surface area contributed by atoms with Crippen molar-refractivity contribution in [1.82, 2.24) is 9.88 Å². The number of amides is 2. The lowest BCUT2D eigenvalue weighted by molar-refractivity contribution is -0.138. The first-order chi connectivity index (χ1) is 10.0. The predicted molar refractivity (Wildman–Crippen MR) is 74.0 cm³/mol. The van der Waals surface area contributed by atoms with Gasteiger partial charge in [-0.25, -0.2) is 0 Å². The molecule has 0 aromatic carbocycles. The van der Waals surface area contributed by atoms with E-state index in [9.17, 15) is 14.4 Å². The smallest absolute Gasteiger partial charge is 0.305 e. The van der Waals surface area contributed by atoms with Gasteiger partial charge >= 0.3 is 5.97 Å². The standard InChI is InChI=1S/C14H17N3O4/c18-12(19)5-10-6-15-14(21)11-4-9(7-17(10)11)16-13(20)8-2-1-3-8/h4,7-8,10H,1-3,5-6H2,(H,15,21)(H,16,20)(H,18,19). The van der Waals surface area contributed by atoms with Crippen LogP contribution in [0.15, 0.2) is 12.3 Å². The zero-order valence-corrected chi connectivity index (χ0v) is 11.5. The van der Waals surface area contributed by atoms with Gasteiger partial charge in [0, 0.05) is 18.7 Å². The maximum absolute atomic E-state index is 11.9. The van der Waals surface area contributed by atoms with Gasteiger partial charge in [-0.2, -0.15) is 0 Å². The third-order valence-electron chi connectivity index (χ3n) is 4.13. The molecule has 1 aromatic heterocycles. The topological polar surface area (TPSA) is 100 Å². The molecule has 1 aliphatic carbocycles. The summed E-state index contributed by atoms with van der Waals surface area (Å²) in [4.78, 5) is 34.6. The summed E-state index contributed by atoms with van der Waals surface area (Å²) in [5, 5.41) is 14.4. The Labute approximate surface area is 121 Å². The second-order valence-electron chi connectivity index (χ2n) is 5.60. The Hall–Kier alpha value is -2.31. The fourth-order valence-electron chi connectivity index (χ4n) is 2.72. The molecule has 1 unspecified atom stereocenters. The summed E-state index contributed by atoms with van der Waals surface area (Å²) in [6.45, 7) is 0.281. The highest BCUT2D eigenvalue weighted by molar-refractivity contribution is 5.98. The number of rotatable bonds is 4. The molecule has 1 saturated carbocycles. The van der Waals surface area contributed by atoms with Crippen LogP contribution in [0.1, 0.15) is 42.2 Å². The molecule has 7 heteroatoms. The van der Waals surface area contributed by atoms with E-state index in [1.165, 1.54) is 0 Å². The van der Waals surface area contributed by atoms with Gasteiger partial charge in [0.05, 0.1) is 18.2 Å². The highest BCUT2D eigenvalue weighted by atomic mass is 16.4. The van der Waals surface area contributed by atoms with Crippen LogP contribution in [0.25, 0.3) is 0 Å². The molecule has 1 aliphatic heterocycles. The van der Waals surface area contributed by atoms with Gasteiger partial charge in [-0.3, -0.25) is 14.4 Å². The number of aromatic nitrogens is 1. The molecular formula is C14H17N3O4. The number of carbonyl (C=O) groups is 3. The Morgan fingerprint density at radius 2 is 2.19 bits per heavy atom. The lowest BCUT2D eigenvalue weighted by Crippen LogP contribution is -2.39. The minimum absolute atomic E-state index is 0.0283. The van der Waals surface area contributed by atoms with Crippen LogP contribution >= 0.6 is 0 Å². The lowest BCUT2D eigenvalue weighted by atomic mass is 9.85. The zero-order chi connectivity index (χ0) is 15.0. The number of carbonyl (C=O) groups excluding carboxylic acids is 2. The fourth-order valence-corrected chi connectivity index (χ4v) is 2.72. The monoisotopic (exact) mass is 291 g/mol. The average molecular weight is 291 g/mol. The van der Waals surface area contributed by atoms with Crippen LogP contribution in [0.5, 0.6) is 0 Å². The molecule has 112 valence electrons. The van der Waals surface area contributed by atoms with Crippen molar-refractivity contribution in [2.45, 2.75) is 31.7 Å². The Bertz CT molecular complexity index is 603. The van der Waals surface area contributed by atoms with Crippen molar-refractivity contribution < 1.29 is 19.5 Å². The number of carboxylic acid groups (broad SMARTS) is 1. The first-order valence-corrected chi connectivity index (χ1v) is 7.07. The average Bonchev–Trinajstić information content (AvgIpc) is 2.74. The highest BCUT2D eigenvalue weighted by Gasteiger charge is 2.29. The zero-order valence-electron chi connectivity index (χ0n) is 11.5. The molecule has 0 radical (unpaired) electrons. The molecule has 3 N–H and O–H groups in total. The second kappa shape index (κ2) is 5.23. The minimum Gasteiger partial charge on any atom is -0.481 e. The number of fused-ring (bicyclic) bond motifs is 1. The normalized spacial score (nSPS) is 21.1. The molecule has 7 nitrogen and oxygen atoms in total. The van der Waals surface area contributed by atoms with E-state index >= 15 is 0 Å². The summed E-state index contributed by atoms with van der Waals surface area (Å²) < 4.78 is 1.64. The van der Waals surface area contributed by atoms with Gasteiger partial charge in [-0.1, -0.05) is 6.42 Å². The Morgan fingerprint density at radius 1 is 1.43 bits per heavy atom. The SMILES string of the molecule is O=C(O)CC1CNC(=O)c2cc(NC(=O)C3CCC3)cn21. The number of aliphatic carboxylic acids is 1. The van der Waals surface area contributed by atoms with E-state index in [4.69, 9.17) is 5.11 Å². The molecule has 21 heavy (non-hydrogen) atoms. The molecule has 0 saturated heterocycles. The van der Waals surface area contributed by atoms with E-state index in [1.807, 2.05) is 0 Å². The van der Waals surface area contributed by atoms with Crippen molar-refractivity contribution >= 4 is 23.5 Å². The Balaban J connectivity index is 1.80. The molecule has 2 amide bonds. The number of anilines is 1. The molecule has 2 aliphatic rings. The van der Waals surface area contributed by atoms with Gasteiger partial charge < -0.3 is 20.3 Å².